The van der Waals surface area contributed by atoms with Crippen LogP contribution in [0, 0.1) is 0 Å². The van der Waals surface area contributed by atoms with Crippen LogP contribution in [0.15, 0.2) is 36.9 Å². The first-order chi connectivity index (χ1) is 8.94. The molecule has 1 unspecified atom stereocenters. The molecule has 0 bridgehead atoms. The van der Waals surface area contributed by atoms with Gasteiger partial charge in [-0.2, -0.15) is 0 Å². The SMILES string of the molecule is OC(Cn1cnnc1)c1ccc(OC(F)(F)F)cc1. The molecule has 0 saturated heterocycles. The van der Waals surface area contributed by atoms with Crippen LogP contribution in [0.2, 0.25) is 0 Å². The van der Waals surface area contributed by atoms with Crippen LogP contribution in [0.1, 0.15) is 11.7 Å². The van der Waals surface area contributed by atoms with Gasteiger partial charge >= 0.3 is 6.36 Å². The molecular weight excluding hydrogens is 263 g/mol. The predicted molar refractivity (Wildman–Crippen MR) is 58.1 cm³/mol. The molecule has 0 aliphatic heterocycles. The Balaban J connectivity index is 2.01. The molecule has 0 fully saturated rings. The topological polar surface area (TPSA) is 60.2 Å². The van der Waals surface area contributed by atoms with Crippen LogP contribution in [0.4, 0.5) is 13.2 Å². The van der Waals surface area contributed by atoms with Gasteiger partial charge in [0.05, 0.1) is 12.6 Å². The molecule has 1 N–H and O–H groups in total. The maximum Gasteiger partial charge on any atom is 0.573 e. The van der Waals surface area contributed by atoms with Crippen molar-refractivity contribution in [1.82, 2.24) is 14.8 Å². The van der Waals surface area contributed by atoms with Crippen LogP contribution in [0.25, 0.3) is 0 Å². The minimum absolute atomic E-state index is 0.215. The van der Waals surface area contributed by atoms with Gasteiger partial charge < -0.3 is 14.4 Å². The molecule has 5 nitrogen and oxygen atoms in total. The van der Waals surface area contributed by atoms with Crippen molar-refractivity contribution in [2.45, 2.75) is 19.0 Å². The fourth-order valence-electron chi connectivity index (χ4n) is 1.51. The summed E-state index contributed by atoms with van der Waals surface area (Å²) in [6, 6.07) is 5.04. The summed E-state index contributed by atoms with van der Waals surface area (Å²) in [6.07, 6.45) is -2.71. The average molecular weight is 273 g/mol. The van der Waals surface area contributed by atoms with Gasteiger partial charge in [-0.15, -0.1) is 23.4 Å². The molecule has 8 heteroatoms. The minimum Gasteiger partial charge on any atom is -0.406 e. The largest absolute Gasteiger partial charge is 0.573 e. The number of benzene rings is 1. The van der Waals surface area contributed by atoms with Gasteiger partial charge in [0.25, 0.3) is 0 Å². The normalized spacial score (nSPS) is 13.3. The van der Waals surface area contributed by atoms with E-state index in [9.17, 15) is 18.3 Å². The number of aromatic nitrogens is 3. The molecular formula is C11H10F3N3O2. The summed E-state index contributed by atoms with van der Waals surface area (Å²) in [5, 5.41) is 17.0. The van der Waals surface area contributed by atoms with Crippen molar-refractivity contribution < 1.29 is 23.0 Å². The Bertz CT molecular complexity index is 511. The van der Waals surface area contributed by atoms with E-state index in [1.54, 1.807) is 4.57 Å². The first-order valence-corrected chi connectivity index (χ1v) is 5.30. The molecule has 1 heterocycles. The molecule has 102 valence electrons. The first-order valence-electron chi connectivity index (χ1n) is 5.30. The van der Waals surface area contributed by atoms with E-state index in [1.807, 2.05) is 0 Å². The van der Waals surface area contributed by atoms with Gasteiger partial charge in [0, 0.05) is 0 Å². The number of hydrogen-bond acceptors (Lipinski definition) is 4. The number of nitrogens with zero attached hydrogens (tertiary/aromatic N) is 3. The van der Waals surface area contributed by atoms with Crippen molar-refractivity contribution >= 4 is 0 Å². The molecule has 0 radical (unpaired) electrons. The molecule has 19 heavy (non-hydrogen) atoms. The maximum absolute atomic E-state index is 12.0. The lowest BCUT2D eigenvalue weighted by molar-refractivity contribution is -0.274. The van der Waals surface area contributed by atoms with E-state index >= 15 is 0 Å². The first kappa shape index (κ1) is 13.3. The smallest absolute Gasteiger partial charge is 0.406 e. The van der Waals surface area contributed by atoms with Crippen molar-refractivity contribution in [2.24, 2.45) is 0 Å². The quantitative estimate of drug-likeness (QED) is 0.924. The van der Waals surface area contributed by atoms with Gasteiger partial charge in [-0.25, -0.2) is 0 Å². The fraction of sp³-hybridized carbons (Fsp3) is 0.273. The van der Waals surface area contributed by atoms with Crippen LogP contribution in [-0.4, -0.2) is 26.2 Å². The average Bonchev–Trinajstić information content (AvgIpc) is 2.80. The second-order valence-electron chi connectivity index (χ2n) is 3.79. The third kappa shape index (κ3) is 3.95. The summed E-state index contributed by atoms with van der Waals surface area (Å²) in [5.74, 6) is -0.326. The highest BCUT2D eigenvalue weighted by atomic mass is 19.4. The number of rotatable bonds is 4. The third-order valence-electron chi connectivity index (χ3n) is 2.35. The standard InChI is InChI=1S/C11H10F3N3O2/c12-11(13,14)19-9-3-1-8(2-4-9)10(18)5-17-6-15-16-7-17/h1-4,6-7,10,18H,5H2. The summed E-state index contributed by atoms with van der Waals surface area (Å²) in [5.41, 5.74) is 0.475. The lowest BCUT2D eigenvalue weighted by atomic mass is 10.1. The van der Waals surface area contributed by atoms with E-state index in [2.05, 4.69) is 14.9 Å². The predicted octanol–water partition coefficient (Wildman–Crippen LogP) is 1.91. The molecule has 1 aromatic heterocycles. The number of alkyl halides is 3. The van der Waals surface area contributed by atoms with Gasteiger partial charge in [0.15, 0.2) is 0 Å². The summed E-state index contributed by atoms with van der Waals surface area (Å²) in [6.45, 7) is 0.215. The molecule has 0 saturated carbocycles. The summed E-state index contributed by atoms with van der Waals surface area (Å²) in [7, 11) is 0. The zero-order chi connectivity index (χ0) is 13.9. The zero-order valence-corrected chi connectivity index (χ0v) is 9.58. The Kier molecular flexibility index (Phi) is 3.70. The van der Waals surface area contributed by atoms with E-state index in [0.29, 0.717) is 5.56 Å². The Labute approximate surface area is 106 Å². The third-order valence-corrected chi connectivity index (χ3v) is 2.35. The van der Waals surface area contributed by atoms with Gasteiger partial charge in [-0.05, 0) is 17.7 Å². The Morgan fingerprint density at radius 3 is 2.26 bits per heavy atom. The van der Waals surface area contributed by atoms with E-state index < -0.39 is 12.5 Å². The fourth-order valence-corrected chi connectivity index (χ4v) is 1.51. The minimum atomic E-state index is -4.72. The van der Waals surface area contributed by atoms with Crippen molar-refractivity contribution in [3.05, 3.63) is 42.5 Å². The molecule has 0 spiro atoms. The van der Waals surface area contributed by atoms with Gasteiger partial charge in [0.1, 0.15) is 18.4 Å². The molecule has 0 aliphatic rings. The molecule has 0 amide bonds. The summed E-state index contributed by atoms with van der Waals surface area (Å²) < 4.78 is 41.2. The highest BCUT2D eigenvalue weighted by Crippen LogP contribution is 2.24. The van der Waals surface area contributed by atoms with Crippen molar-refractivity contribution in [2.75, 3.05) is 0 Å². The maximum atomic E-state index is 12.0. The second-order valence-corrected chi connectivity index (χ2v) is 3.79. The molecule has 2 aromatic rings. The number of aliphatic hydroxyl groups excluding tert-OH is 1. The monoisotopic (exact) mass is 273 g/mol. The van der Waals surface area contributed by atoms with E-state index in [4.69, 9.17) is 0 Å². The van der Waals surface area contributed by atoms with E-state index in [-0.39, 0.29) is 12.3 Å². The highest BCUT2D eigenvalue weighted by Gasteiger charge is 2.31. The van der Waals surface area contributed by atoms with Crippen LogP contribution in [0.3, 0.4) is 0 Å². The zero-order valence-electron chi connectivity index (χ0n) is 9.58. The van der Waals surface area contributed by atoms with Gasteiger partial charge in [0.2, 0.25) is 0 Å². The van der Waals surface area contributed by atoms with Crippen molar-refractivity contribution in [3.8, 4) is 5.75 Å². The Morgan fingerprint density at radius 1 is 1.16 bits per heavy atom. The van der Waals surface area contributed by atoms with Crippen LogP contribution in [0.5, 0.6) is 5.75 Å². The van der Waals surface area contributed by atoms with Crippen molar-refractivity contribution in [3.63, 3.8) is 0 Å². The second kappa shape index (κ2) is 5.27. The molecule has 0 aliphatic carbocycles. The lowest BCUT2D eigenvalue weighted by Gasteiger charge is -2.13. The van der Waals surface area contributed by atoms with E-state index in [0.717, 1.165) is 12.1 Å². The summed E-state index contributed by atoms with van der Waals surface area (Å²) >= 11 is 0. The van der Waals surface area contributed by atoms with Gasteiger partial charge in [-0.1, -0.05) is 12.1 Å². The highest BCUT2D eigenvalue weighted by molar-refractivity contribution is 5.28. The van der Waals surface area contributed by atoms with E-state index in [1.165, 1.54) is 24.8 Å². The van der Waals surface area contributed by atoms with Crippen LogP contribution >= 0.6 is 0 Å². The number of hydrogen-bond donors (Lipinski definition) is 1. The Hall–Kier alpha value is -2.09. The molecule has 1 atom stereocenters. The van der Waals surface area contributed by atoms with Crippen LogP contribution in [-0.2, 0) is 6.54 Å². The lowest BCUT2D eigenvalue weighted by Crippen LogP contribution is -2.17. The number of halogens is 3. The van der Waals surface area contributed by atoms with Crippen LogP contribution < -0.4 is 4.74 Å². The Morgan fingerprint density at radius 2 is 1.74 bits per heavy atom. The number of aliphatic hydroxyl groups is 1. The molecule has 2 rings (SSSR count). The summed E-state index contributed by atoms with van der Waals surface area (Å²) in [4.78, 5) is 0. The molecule has 1 aromatic carbocycles. The van der Waals surface area contributed by atoms with Crippen molar-refractivity contribution in [1.29, 1.82) is 0 Å². The number of ether oxygens (including phenoxy) is 1. The van der Waals surface area contributed by atoms with Gasteiger partial charge in [-0.3, -0.25) is 0 Å².